The number of benzene rings is 2. The number of methoxy groups -OCH3 is 3. The molecule has 2 aromatic rings. The number of hydrogen-bond donors (Lipinski definition) is 0. The fourth-order valence-electron chi connectivity index (χ4n) is 3.23. The van der Waals surface area contributed by atoms with Gasteiger partial charge < -0.3 is 18.9 Å². The molecule has 0 saturated heterocycles. The first-order chi connectivity index (χ1) is 13.6. The molecule has 3 rings (SSSR count). The average Bonchev–Trinajstić information content (AvgIpc) is 3.19. The summed E-state index contributed by atoms with van der Waals surface area (Å²) < 4.78 is 21.5. The van der Waals surface area contributed by atoms with Crippen LogP contribution < -0.4 is 14.2 Å². The molecule has 0 saturated carbocycles. The first-order valence-corrected chi connectivity index (χ1v) is 9.01. The lowest BCUT2D eigenvalue weighted by atomic mass is 9.98. The van der Waals surface area contributed by atoms with Crippen molar-refractivity contribution < 1.29 is 23.7 Å². The minimum Gasteiger partial charge on any atom is -0.493 e. The van der Waals surface area contributed by atoms with Gasteiger partial charge in [0.15, 0.2) is 11.5 Å². The van der Waals surface area contributed by atoms with Gasteiger partial charge in [-0.05, 0) is 30.2 Å². The van der Waals surface area contributed by atoms with E-state index in [4.69, 9.17) is 18.9 Å². The third kappa shape index (κ3) is 3.74. The van der Waals surface area contributed by atoms with Crippen molar-refractivity contribution >= 4 is 11.8 Å². The molecule has 0 N–H and O–H groups in total. The second-order valence-corrected chi connectivity index (χ2v) is 6.13. The van der Waals surface area contributed by atoms with Gasteiger partial charge in [-0.25, -0.2) is 4.79 Å². The summed E-state index contributed by atoms with van der Waals surface area (Å²) in [7, 11) is 4.67. The standard InChI is InChI=1S/C21H24N2O5/c1-5-28-21(24)23-17(13-16(22-23)14-9-7-6-8-10-14)15-11-18(25-2)20(27-4)19(12-15)26-3/h6-12,17H,5,13H2,1-4H3. The lowest BCUT2D eigenvalue weighted by Gasteiger charge is -2.23. The van der Waals surface area contributed by atoms with Crippen molar-refractivity contribution in [3.63, 3.8) is 0 Å². The molecule has 0 aromatic heterocycles. The van der Waals surface area contributed by atoms with Crippen LogP contribution in [0.1, 0.15) is 30.5 Å². The van der Waals surface area contributed by atoms with E-state index < -0.39 is 6.09 Å². The van der Waals surface area contributed by atoms with Gasteiger partial charge in [-0.15, -0.1) is 0 Å². The molecule has 0 aliphatic carbocycles. The fourth-order valence-corrected chi connectivity index (χ4v) is 3.23. The maximum Gasteiger partial charge on any atom is 0.430 e. The number of carbonyl (C=O) groups is 1. The molecule has 1 aliphatic rings. The van der Waals surface area contributed by atoms with Gasteiger partial charge in [0.05, 0.1) is 39.7 Å². The summed E-state index contributed by atoms with van der Waals surface area (Å²) >= 11 is 0. The maximum atomic E-state index is 12.5. The summed E-state index contributed by atoms with van der Waals surface area (Å²) in [6.45, 7) is 2.04. The Hall–Kier alpha value is -3.22. The Morgan fingerprint density at radius 2 is 1.71 bits per heavy atom. The van der Waals surface area contributed by atoms with Gasteiger partial charge in [-0.2, -0.15) is 10.1 Å². The fraction of sp³-hybridized carbons (Fsp3) is 0.333. The van der Waals surface area contributed by atoms with Crippen molar-refractivity contribution in [1.82, 2.24) is 5.01 Å². The van der Waals surface area contributed by atoms with Crippen molar-refractivity contribution in [2.45, 2.75) is 19.4 Å². The number of carbonyl (C=O) groups excluding carboxylic acids is 1. The lowest BCUT2D eigenvalue weighted by molar-refractivity contribution is 0.0974. The molecule has 7 nitrogen and oxygen atoms in total. The highest BCUT2D eigenvalue weighted by Crippen LogP contribution is 2.43. The molecule has 148 valence electrons. The van der Waals surface area contributed by atoms with Crippen LogP contribution in [0.15, 0.2) is 47.6 Å². The van der Waals surface area contributed by atoms with Crippen molar-refractivity contribution in [3.8, 4) is 17.2 Å². The normalized spacial score (nSPS) is 15.8. The highest BCUT2D eigenvalue weighted by atomic mass is 16.6. The smallest absolute Gasteiger partial charge is 0.430 e. The molecule has 0 fully saturated rings. The van der Waals surface area contributed by atoms with Crippen LogP contribution in [-0.2, 0) is 4.74 Å². The van der Waals surface area contributed by atoms with Gasteiger partial charge >= 0.3 is 6.09 Å². The summed E-state index contributed by atoms with van der Waals surface area (Å²) in [5.41, 5.74) is 2.59. The first kappa shape index (κ1) is 19.5. The van der Waals surface area contributed by atoms with Crippen LogP contribution in [0.25, 0.3) is 0 Å². The van der Waals surface area contributed by atoms with Gasteiger partial charge in [0.25, 0.3) is 0 Å². The maximum absolute atomic E-state index is 12.5. The van der Waals surface area contributed by atoms with Gasteiger partial charge in [-0.1, -0.05) is 30.3 Å². The Bertz CT molecular complexity index is 841. The topological polar surface area (TPSA) is 69.6 Å². The Morgan fingerprint density at radius 3 is 2.25 bits per heavy atom. The number of amides is 1. The molecule has 1 heterocycles. The number of nitrogens with zero attached hydrogens (tertiary/aromatic N) is 2. The van der Waals surface area contributed by atoms with E-state index in [9.17, 15) is 4.79 Å². The quantitative estimate of drug-likeness (QED) is 0.752. The predicted octanol–water partition coefficient (Wildman–Crippen LogP) is 4.02. The van der Waals surface area contributed by atoms with Gasteiger partial charge in [0.2, 0.25) is 5.75 Å². The van der Waals surface area contributed by atoms with Crippen molar-refractivity contribution in [1.29, 1.82) is 0 Å². The van der Waals surface area contributed by atoms with E-state index in [1.165, 1.54) is 5.01 Å². The van der Waals surface area contributed by atoms with E-state index in [1.54, 1.807) is 28.3 Å². The molecule has 1 atom stereocenters. The van der Waals surface area contributed by atoms with E-state index in [0.717, 1.165) is 16.8 Å². The highest BCUT2D eigenvalue weighted by molar-refractivity contribution is 6.02. The summed E-state index contributed by atoms with van der Waals surface area (Å²) in [6.07, 6.45) is 0.0498. The van der Waals surface area contributed by atoms with E-state index in [2.05, 4.69) is 5.10 Å². The van der Waals surface area contributed by atoms with Crippen LogP contribution in [-0.4, -0.2) is 44.8 Å². The summed E-state index contributed by atoms with van der Waals surface area (Å²) in [5.74, 6) is 1.54. The third-order valence-electron chi connectivity index (χ3n) is 4.54. The largest absolute Gasteiger partial charge is 0.493 e. The Labute approximate surface area is 164 Å². The second kappa shape index (κ2) is 8.65. The van der Waals surface area contributed by atoms with Crippen LogP contribution in [0.3, 0.4) is 0 Å². The Morgan fingerprint density at radius 1 is 1.07 bits per heavy atom. The lowest BCUT2D eigenvalue weighted by Crippen LogP contribution is -2.27. The van der Waals surface area contributed by atoms with E-state index in [1.807, 2.05) is 42.5 Å². The molecule has 1 unspecified atom stereocenters. The van der Waals surface area contributed by atoms with Crippen LogP contribution in [0.5, 0.6) is 17.2 Å². The van der Waals surface area contributed by atoms with Gasteiger partial charge in [-0.3, -0.25) is 0 Å². The summed E-state index contributed by atoms with van der Waals surface area (Å²) in [4.78, 5) is 12.5. The third-order valence-corrected chi connectivity index (χ3v) is 4.54. The molecule has 28 heavy (non-hydrogen) atoms. The van der Waals surface area contributed by atoms with Gasteiger partial charge in [0, 0.05) is 6.42 Å². The van der Waals surface area contributed by atoms with Gasteiger partial charge in [0.1, 0.15) is 0 Å². The molecule has 1 aliphatic heterocycles. The molecular formula is C21H24N2O5. The SMILES string of the molecule is CCOC(=O)N1N=C(c2ccccc2)CC1c1cc(OC)c(OC)c(OC)c1. The number of ether oxygens (including phenoxy) is 4. The number of hydrazone groups is 1. The molecule has 1 amide bonds. The molecule has 0 spiro atoms. The van der Waals surface area contributed by atoms with Crippen molar-refractivity contribution in [2.75, 3.05) is 27.9 Å². The average molecular weight is 384 g/mol. The summed E-state index contributed by atoms with van der Waals surface area (Å²) in [5, 5.41) is 5.93. The number of hydrogen-bond acceptors (Lipinski definition) is 6. The Balaban J connectivity index is 2.03. The van der Waals surface area contributed by atoms with Crippen molar-refractivity contribution in [3.05, 3.63) is 53.6 Å². The predicted molar refractivity (Wildman–Crippen MR) is 105 cm³/mol. The van der Waals surface area contributed by atoms with Crippen LogP contribution in [0.4, 0.5) is 4.79 Å². The number of rotatable bonds is 6. The first-order valence-electron chi connectivity index (χ1n) is 9.01. The van der Waals surface area contributed by atoms with Crippen molar-refractivity contribution in [2.24, 2.45) is 5.10 Å². The zero-order valence-corrected chi connectivity index (χ0v) is 16.5. The molecule has 7 heteroatoms. The molecule has 0 bridgehead atoms. The zero-order chi connectivity index (χ0) is 20.1. The minimum absolute atomic E-state index is 0.271. The Kier molecular flexibility index (Phi) is 6.03. The van der Waals surface area contributed by atoms with E-state index >= 15 is 0 Å². The van der Waals surface area contributed by atoms with Crippen LogP contribution >= 0.6 is 0 Å². The summed E-state index contributed by atoms with van der Waals surface area (Å²) in [6, 6.07) is 13.1. The molecular weight excluding hydrogens is 360 g/mol. The van der Waals surface area contributed by atoms with E-state index in [0.29, 0.717) is 23.7 Å². The second-order valence-electron chi connectivity index (χ2n) is 6.13. The van der Waals surface area contributed by atoms with Crippen LogP contribution in [0.2, 0.25) is 0 Å². The minimum atomic E-state index is -0.493. The highest BCUT2D eigenvalue weighted by Gasteiger charge is 2.35. The monoisotopic (exact) mass is 384 g/mol. The zero-order valence-electron chi connectivity index (χ0n) is 16.5. The van der Waals surface area contributed by atoms with Crippen LogP contribution in [0, 0.1) is 0 Å². The van der Waals surface area contributed by atoms with E-state index in [-0.39, 0.29) is 12.6 Å². The molecule has 0 radical (unpaired) electrons. The molecule has 2 aromatic carbocycles.